The molecule has 0 radical (unpaired) electrons. The SMILES string of the molecule is Cn1cc2c(c(C(=O)NCCC3=CCCCC3)c1=O)CCN(C(=O)c1cocn1)C2. The fourth-order valence-corrected chi connectivity index (χ4v) is 4.23. The molecule has 1 N–H and O–H groups in total. The summed E-state index contributed by atoms with van der Waals surface area (Å²) in [5.74, 6) is -0.560. The van der Waals surface area contributed by atoms with Crippen molar-refractivity contribution < 1.29 is 14.0 Å². The molecule has 0 spiro atoms. The van der Waals surface area contributed by atoms with E-state index in [9.17, 15) is 14.4 Å². The summed E-state index contributed by atoms with van der Waals surface area (Å²) in [5, 5.41) is 2.92. The topological polar surface area (TPSA) is 97.4 Å². The third-order valence-electron chi connectivity index (χ3n) is 5.85. The second kappa shape index (κ2) is 8.69. The molecule has 2 aliphatic rings. The van der Waals surface area contributed by atoms with Gasteiger partial charge in [0.2, 0.25) is 0 Å². The number of hydrogen-bond acceptors (Lipinski definition) is 5. The number of amides is 2. The molecular formula is C22H26N4O4. The Bertz CT molecular complexity index is 1040. The van der Waals surface area contributed by atoms with Crippen LogP contribution in [0.4, 0.5) is 0 Å². The third-order valence-corrected chi connectivity index (χ3v) is 5.85. The van der Waals surface area contributed by atoms with E-state index in [1.54, 1.807) is 18.1 Å². The number of aromatic nitrogens is 2. The Kier molecular flexibility index (Phi) is 5.83. The molecule has 0 saturated carbocycles. The normalized spacial score (nSPS) is 16.0. The van der Waals surface area contributed by atoms with Crippen molar-refractivity contribution in [2.75, 3.05) is 13.1 Å². The molecule has 3 heterocycles. The number of nitrogens with zero attached hydrogens (tertiary/aromatic N) is 3. The predicted octanol–water partition coefficient (Wildman–Crippen LogP) is 2.19. The average Bonchev–Trinajstić information content (AvgIpc) is 3.29. The van der Waals surface area contributed by atoms with Crippen molar-refractivity contribution in [3.8, 4) is 0 Å². The van der Waals surface area contributed by atoms with Crippen LogP contribution < -0.4 is 10.9 Å². The summed E-state index contributed by atoms with van der Waals surface area (Å²) in [7, 11) is 1.63. The number of pyridine rings is 1. The maximum atomic E-state index is 12.9. The van der Waals surface area contributed by atoms with E-state index >= 15 is 0 Å². The summed E-state index contributed by atoms with van der Waals surface area (Å²) in [5.41, 5.74) is 3.06. The predicted molar refractivity (Wildman–Crippen MR) is 110 cm³/mol. The summed E-state index contributed by atoms with van der Waals surface area (Å²) < 4.78 is 6.32. The monoisotopic (exact) mass is 410 g/mol. The maximum Gasteiger partial charge on any atom is 0.276 e. The van der Waals surface area contributed by atoms with Gasteiger partial charge in [0.1, 0.15) is 11.8 Å². The van der Waals surface area contributed by atoms with Crippen molar-refractivity contribution in [2.24, 2.45) is 7.05 Å². The van der Waals surface area contributed by atoms with Gasteiger partial charge >= 0.3 is 0 Å². The minimum atomic E-state index is -0.333. The maximum absolute atomic E-state index is 12.9. The summed E-state index contributed by atoms with van der Waals surface area (Å²) >= 11 is 0. The minimum Gasteiger partial charge on any atom is -0.451 e. The molecule has 0 saturated heterocycles. The van der Waals surface area contributed by atoms with Crippen LogP contribution in [0.2, 0.25) is 0 Å². The second-order valence-corrected chi connectivity index (χ2v) is 7.89. The number of allylic oxidation sites excluding steroid dienone is 1. The summed E-state index contributed by atoms with van der Waals surface area (Å²) in [6, 6.07) is 0. The standard InChI is InChI=1S/C22H26N4O4/c1-25-11-16-12-26(21(28)18-13-30-14-24-18)10-8-17(16)19(22(25)29)20(27)23-9-7-15-5-3-2-4-6-15/h5,11,13-14H,2-4,6-10,12H2,1H3,(H,23,27). The van der Waals surface area contributed by atoms with E-state index in [1.165, 1.54) is 35.6 Å². The molecule has 8 nitrogen and oxygen atoms in total. The first-order valence-corrected chi connectivity index (χ1v) is 10.4. The van der Waals surface area contributed by atoms with Gasteiger partial charge in [0.15, 0.2) is 12.1 Å². The van der Waals surface area contributed by atoms with Gasteiger partial charge in [-0.1, -0.05) is 11.6 Å². The van der Waals surface area contributed by atoms with Crippen LogP contribution in [0.1, 0.15) is 64.1 Å². The Balaban J connectivity index is 1.50. The molecule has 1 aliphatic carbocycles. The molecule has 2 aromatic heterocycles. The van der Waals surface area contributed by atoms with Gasteiger partial charge in [0, 0.05) is 32.9 Å². The van der Waals surface area contributed by atoms with Crippen LogP contribution in [-0.4, -0.2) is 39.4 Å². The Labute approximate surface area is 174 Å². The molecule has 0 fully saturated rings. The number of carbonyl (C=O) groups is 2. The lowest BCUT2D eigenvalue weighted by atomic mass is 9.95. The van der Waals surface area contributed by atoms with Crippen LogP contribution >= 0.6 is 0 Å². The second-order valence-electron chi connectivity index (χ2n) is 7.89. The zero-order valence-corrected chi connectivity index (χ0v) is 17.1. The van der Waals surface area contributed by atoms with Crippen molar-refractivity contribution >= 4 is 11.8 Å². The molecule has 30 heavy (non-hydrogen) atoms. The molecule has 8 heteroatoms. The highest BCUT2D eigenvalue weighted by atomic mass is 16.3. The molecule has 0 atom stereocenters. The fourth-order valence-electron chi connectivity index (χ4n) is 4.23. The van der Waals surface area contributed by atoms with Crippen LogP contribution in [-0.2, 0) is 20.0 Å². The van der Waals surface area contributed by atoms with Crippen LogP contribution in [0.3, 0.4) is 0 Å². The molecule has 0 bridgehead atoms. The third kappa shape index (κ3) is 4.08. The lowest BCUT2D eigenvalue weighted by Gasteiger charge is -2.29. The zero-order chi connectivity index (χ0) is 21.1. The first-order chi connectivity index (χ1) is 14.5. The molecule has 158 valence electrons. The zero-order valence-electron chi connectivity index (χ0n) is 17.1. The number of fused-ring (bicyclic) bond motifs is 1. The van der Waals surface area contributed by atoms with Crippen LogP contribution in [0, 0.1) is 0 Å². The van der Waals surface area contributed by atoms with E-state index in [0.29, 0.717) is 26.1 Å². The molecule has 2 aromatic rings. The summed E-state index contributed by atoms with van der Waals surface area (Å²) in [6.07, 6.45) is 12.4. The van der Waals surface area contributed by atoms with Crippen molar-refractivity contribution in [3.05, 3.63) is 63.2 Å². The van der Waals surface area contributed by atoms with Gasteiger partial charge in [-0.25, -0.2) is 4.98 Å². The average molecular weight is 410 g/mol. The Morgan fingerprint density at radius 3 is 2.87 bits per heavy atom. The van der Waals surface area contributed by atoms with E-state index in [2.05, 4.69) is 16.4 Å². The van der Waals surface area contributed by atoms with Crippen molar-refractivity contribution in [1.29, 1.82) is 0 Å². The van der Waals surface area contributed by atoms with Crippen LogP contribution in [0.5, 0.6) is 0 Å². The molecule has 4 rings (SSSR count). The largest absolute Gasteiger partial charge is 0.451 e. The highest BCUT2D eigenvalue weighted by molar-refractivity contribution is 5.96. The van der Waals surface area contributed by atoms with Crippen molar-refractivity contribution in [3.63, 3.8) is 0 Å². The van der Waals surface area contributed by atoms with Crippen molar-refractivity contribution in [2.45, 2.75) is 45.1 Å². The molecular weight excluding hydrogens is 384 g/mol. The Morgan fingerprint density at radius 2 is 2.13 bits per heavy atom. The minimum absolute atomic E-state index is 0.196. The lowest BCUT2D eigenvalue weighted by molar-refractivity contribution is 0.0728. The van der Waals surface area contributed by atoms with Gasteiger partial charge in [0.25, 0.3) is 17.4 Å². The van der Waals surface area contributed by atoms with Gasteiger partial charge in [-0.15, -0.1) is 0 Å². The van der Waals surface area contributed by atoms with E-state index in [-0.39, 0.29) is 28.6 Å². The Hall–Kier alpha value is -3.16. The smallest absolute Gasteiger partial charge is 0.276 e. The van der Waals surface area contributed by atoms with Gasteiger partial charge < -0.3 is 19.2 Å². The van der Waals surface area contributed by atoms with E-state index in [0.717, 1.165) is 30.4 Å². The van der Waals surface area contributed by atoms with Gasteiger partial charge in [-0.3, -0.25) is 14.4 Å². The van der Waals surface area contributed by atoms with Gasteiger partial charge in [0.05, 0.1) is 0 Å². The number of aryl methyl sites for hydroxylation is 1. The Morgan fingerprint density at radius 1 is 1.27 bits per heavy atom. The van der Waals surface area contributed by atoms with Crippen molar-refractivity contribution in [1.82, 2.24) is 19.8 Å². The highest BCUT2D eigenvalue weighted by Crippen LogP contribution is 2.22. The lowest BCUT2D eigenvalue weighted by Crippen LogP contribution is -2.41. The highest BCUT2D eigenvalue weighted by Gasteiger charge is 2.28. The quantitative estimate of drug-likeness (QED) is 0.762. The number of carbonyl (C=O) groups excluding carboxylic acids is 2. The number of oxazole rings is 1. The first kappa shape index (κ1) is 20.1. The summed E-state index contributed by atoms with van der Waals surface area (Å²) in [6.45, 7) is 1.26. The fraction of sp³-hybridized carbons (Fsp3) is 0.455. The molecule has 0 unspecified atom stereocenters. The van der Waals surface area contributed by atoms with Crippen LogP contribution in [0.15, 0.2) is 39.7 Å². The van der Waals surface area contributed by atoms with E-state index in [4.69, 9.17) is 4.42 Å². The first-order valence-electron chi connectivity index (χ1n) is 10.4. The van der Waals surface area contributed by atoms with E-state index in [1.807, 2.05) is 0 Å². The number of nitrogens with one attached hydrogen (secondary N) is 1. The molecule has 2 amide bonds. The van der Waals surface area contributed by atoms with Gasteiger partial charge in [-0.05, 0) is 49.7 Å². The van der Waals surface area contributed by atoms with E-state index < -0.39 is 0 Å². The summed E-state index contributed by atoms with van der Waals surface area (Å²) in [4.78, 5) is 43.8. The number of hydrogen-bond donors (Lipinski definition) is 1. The molecule has 1 aliphatic heterocycles. The van der Waals surface area contributed by atoms with Crippen LogP contribution in [0.25, 0.3) is 0 Å². The molecule has 0 aromatic carbocycles. The number of rotatable bonds is 5. The van der Waals surface area contributed by atoms with Gasteiger partial charge in [-0.2, -0.15) is 0 Å².